The van der Waals surface area contributed by atoms with Crippen molar-refractivity contribution < 1.29 is 22.9 Å². The number of nitro benzene ring substituents is 1. The van der Waals surface area contributed by atoms with Crippen LogP contribution in [0.2, 0.25) is 5.02 Å². The Morgan fingerprint density at radius 2 is 1.51 bits per heavy atom. The molecule has 47 heavy (non-hydrogen) atoms. The largest absolute Gasteiger partial charge is 0.352 e. The molecule has 1 fully saturated rings. The van der Waals surface area contributed by atoms with E-state index in [0.29, 0.717) is 10.6 Å². The van der Waals surface area contributed by atoms with Crippen LogP contribution >= 0.6 is 11.6 Å². The highest BCUT2D eigenvalue weighted by Gasteiger charge is 2.36. The third kappa shape index (κ3) is 8.55. The lowest BCUT2D eigenvalue weighted by atomic mass is 10.0. The highest BCUT2D eigenvalue weighted by Crippen LogP contribution is 2.28. The molecule has 0 bridgehead atoms. The van der Waals surface area contributed by atoms with Gasteiger partial charge in [-0.1, -0.05) is 91.2 Å². The van der Waals surface area contributed by atoms with E-state index in [9.17, 15) is 28.1 Å². The minimum absolute atomic E-state index is 0.0243. The predicted molar refractivity (Wildman–Crippen MR) is 180 cm³/mol. The van der Waals surface area contributed by atoms with Gasteiger partial charge in [0.05, 0.1) is 15.5 Å². The van der Waals surface area contributed by atoms with Crippen LogP contribution in [0.15, 0.2) is 114 Å². The number of carbonyl (C=O) groups is 2. The molecule has 1 aliphatic rings. The standard InChI is InChI=1S/C35H35ClN4O6S/c36-28-14-9-13-27(21-28)24-38(33(22-26-11-3-1-4-12-26)35(42)37-29-15-7-8-16-29)34(41)25-39(30-17-10-18-31(23-30)40(43)44)47(45,46)32-19-5-2-6-20-32/h1-6,9-14,17-21,23,29,33H,7-8,15-16,22,24-25H2,(H,37,42)/t33-/m0/s1. The summed E-state index contributed by atoms with van der Waals surface area (Å²) in [4.78, 5) is 40.9. The summed E-state index contributed by atoms with van der Waals surface area (Å²) in [5.41, 5.74) is 1.06. The van der Waals surface area contributed by atoms with Gasteiger partial charge in [-0.15, -0.1) is 0 Å². The fourth-order valence-electron chi connectivity index (χ4n) is 5.76. The summed E-state index contributed by atoms with van der Waals surface area (Å²) in [6.45, 7) is -0.760. The Balaban J connectivity index is 1.58. The molecule has 0 saturated heterocycles. The normalized spacial score (nSPS) is 13.9. The predicted octanol–water partition coefficient (Wildman–Crippen LogP) is 6.14. The van der Waals surface area contributed by atoms with Crippen molar-refractivity contribution in [3.63, 3.8) is 0 Å². The average molecular weight is 675 g/mol. The van der Waals surface area contributed by atoms with Crippen LogP contribution in [0.5, 0.6) is 0 Å². The van der Waals surface area contributed by atoms with Gasteiger partial charge in [0.15, 0.2) is 0 Å². The third-order valence-corrected chi connectivity index (χ3v) is 10.2. The molecule has 4 aromatic carbocycles. The van der Waals surface area contributed by atoms with Gasteiger partial charge >= 0.3 is 0 Å². The van der Waals surface area contributed by atoms with Crippen LogP contribution in [0, 0.1) is 10.1 Å². The molecule has 0 unspecified atom stereocenters. The maximum absolute atomic E-state index is 14.6. The number of nitro groups is 1. The number of hydrogen-bond donors (Lipinski definition) is 1. The number of amides is 2. The van der Waals surface area contributed by atoms with Gasteiger partial charge in [0, 0.05) is 36.2 Å². The van der Waals surface area contributed by atoms with E-state index in [0.717, 1.165) is 41.6 Å². The summed E-state index contributed by atoms with van der Waals surface area (Å²) < 4.78 is 29.0. The summed E-state index contributed by atoms with van der Waals surface area (Å²) in [6, 6.07) is 27.8. The van der Waals surface area contributed by atoms with Crippen molar-refractivity contribution in [3.8, 4) is 0 Å². The number of nitrogens with zero attached hydrogens (tertiary/aromatic N) is 3. The van der Waals surface area contributed by atoms with Gasteiger partial charge in [0.2, 0.25) is 11.8 Å². The molecule has 1 N–H and O–H groups in total. The summed E-state index contributed by atoms with van der Waals surface area (Å²) in [7, 11) is -4.39. The quantitative estimate of drug-likeness (QED) is 0.134. The Labute approximate surface area is 279 Å². The van der Waals surface area contributed by atoms with E-state index in [1.165, 1.54) is 35.2 Å². The monoisotopic (exact) mass is 674 g/mol. The Hall–Kier alpha value is -4.74. The van der Waals surface area contributed by atoms with Crippen LogP contribution in [0.1, 0.15) is 36.8 Å². The molecule has 5 rings (SSSR count). The zero-order valence-electron chi connectivity index (χ0n) is 25.6. The average Bonchev–Trinajstić information content (AvgIpc) is 3.59. The number of non-ortho nitro benzene ring substituents is 1. The van der Waals surface area contributed by atoms with Gasteiger partial charge in [-0.05, 0) is 54.3 Å². The number of hydrogen-bond acceptors (Lipinski definition) is 6. The van der Waals surface area contributed by atoms with Crippen molar-refractivity contribution in [2.24, 2.45) is 0 Å². The topological polar surface area (TPSA) is 130 Å². The van der Waals surface area contributed by atoms with Crippen LogP contribution in [-0.4, -0.2) is 48.7 Å². The zero-order valence-corrected chi connectivity index (χ0v) is 27.1. The Bertz CT molecular complexity index is 1820. The first-order valence-electron chi connectivity index (χ1n) is 15.3. The van der Waals surface area contributed by atoms with Crippen molar-refractivity contribution in [2.45, 2.75) is 55.6 Å². The van der Waals surface area contributed by atoms with E-state index in [2.05, 4.69) is 5.32 Å². The lowest BCUT2D eigenvalue weighted by Gasteiger charge is -2.34. The molecular weight excluding hydrogens is 640 g/mol. The molecule has 12 heteroatoms. The van der Waals surface area contributed by atoms with Crippen LogP contribution in [0.25, 0.3) is 0 Å². The number of sulfonamides is 1. The second-order valence-electron chi connectivity index (χ2n) is 11.4. The van der Waals surface area contributed by atoms with Crippen molar-refractivity contribution in [1.29, 1.82) is 0 Å². The number of nitrogens with one attached hydrogen (secondary N) is 1. The second-order valence-corrected chi connectivity index (χ2v) is 13.7. The molecule has 0 radical (unpaired) electrons. The van der Waals surface area contributed by atoms with Crippen LogP contribution in [0.3, 0.4) is 0 Å². The van der Waals surface area contributed by atoms with Crippen molar-refractivity contribution >= 4 is 44.8 Å². The van der Waals surface area contributed by atoms with Gasteiger partial charge in [-0.3, -0.25) is 24.0 Å². The summed E-state index contributed by atoms with van der Waals surface area (Å²) in [6.07, 6.45) is 3.84. The first kappa shape index (κ1) is 33.6. The highest BCUT2D eigenvalue weighted by atomic mass is 35.5. The van der Waals surface area contributed by atoms with Gasteiger partial charge in [-0.2, -0.15) is 0 Å². The molecule has 0 aromatic heterocycles. The Morgan fingerprint density at radius 1 is 0.872 bits per heavy atom. The molecule has 1 atom stereocenters. The Kier molecular flexibility index (Phi) is 10.9. The molecule has 4 aromatic rings. The minimum Gasteiger partial charge on any atom is -0.352 e. The van der Waals surface area contributed by atoms with Crippen molar-refractivity contribution in [3.05, 3.63) is 135 Å². The van der Waals surface area contributed by atoms with E-state index in [4.69, 9.17) is 11.6 Å². The molecule has 2 amide bonds. The van der Waals surface area contributed by atoms with E-state index in [1.54, 1.807) is 42.5 Å². The van der Waals surface area contributed by atoms with E-state index >= 15 is 0 Å². The number of anilines is 1. The van der Waals surface area contributed by atoms with Crippen molar-refractivity contribution in [1.82, 2.24) is 10.2 Å². The molecule has 0 aliphatic heterocycles. The minimum atomic E-state index is -4.39. The smallest absolute Gasteiger partial charge is 0.271 e. The second kappa shape index (κ2) is 15.2. The van der Waals surface area contributed by atoms with E-state index in [1.807, 2.05) is 30.3 Å². The molecule has 244 valence electrons. The third-order valence-electron chi connectivity index (χ3n) is 8.15. The number of carbonyl (C=O) groups excluding carboxylic acids is 2. The molecule has 0 heterocycles. The van der Waals surface area contributed by atoms with Crippen molar-refractivity contribution in [2.75, 3.05) is 10.8 Å². The van der Waals surface area contributed by atoms with Gasteiger partial charge in [0.25, 0.3) is 15.7 Å². The molecule has 1 saturated carbocycles. The van der Waals surface area contributed by atoms with E-state index < -0.39 is 33.4 Å². The fraction of sp³-hybridized carbons (Fsp3) is 0.257. The molecule has 0 spiro atoms. The summed E-state index contributed by atoms with van der Waals surface area (Å²) >= 11 is 6.30. The maximum Gasteiger partial charge on any atom is 0.271 e. The van der Waals surface area contributed by atoms with Gasteiger partial charge < -0.3 is 10.2 Å². The molecular formula is C35H35ClN4O6S. The molecule has 1 aliphatic carbocycles. The summed E-state index contributed by atoms with van der Waals surface area (Å²) in [5.74, 6) is -1.01. The number of rotatable bonds is 13. The van der Waals surface area contributed by atoms with Crippen LogP contribution in [-0.2, 0) is 32.6 Å². The SMILES string of the molecule is O=C(NC1CCCC1)[C@H](Cc1ccccc1)N(Cc1cccc(Cl)c1)C(=O)CN(c1cccc([N+](=O)[O-])c1)S(=O)(=O)c1ccccc1. The first-order valence-corrected chi connectivity index (χ1v) is 17.1. The first-order chi connectivity index (χ1) is 22.6. The highest BCUT2D eigenvalue weighted by molar-refractivity contribution is 7.92. The number of halogens is 1. The summed E-state index contributed by atoms with van der Waals surface area (Å²) in [5, 5.41) is 15.2. The number of benzene rings is 4. The Morgan fingerprint density at radius 3 is 2.17 bits per heavy atom. The van der Waals surface area contributed by atoms with Crippen LogP contribution in [0.4, 0.5) is 11.4 Å². The lowest BCUT2D eigenvalue weighted by molar-refractivity contribution is -0.384. The maximum atomic E-state index is 14.6. The van der Waals surface area contributed by atoms with E-state index in [-0.39, 0.29) is 41.2 Å². The zero-order chi connectivity index (χ0) is 33.4. The fourth-order valence-corrected chi connectivity index (χ4v) is 7.40. The van der Waals surface area contributed by atoms with Crippen LogP contribution < -0.4 is 9.62 Å². The lowest BCUT2D eigenvalue weighted by Crippen LogP contribution is -2.54. The van der Waals surface area contributed by atoms with Gasteiger partial charge in [0.1, 0.15) is 12.6 Å². The molecule has 10 nitrogen and oxygen atoms in total. The van der Waals surface area contributed by atoms with Gasteiger partial charge in [-0.25, -0.2) is 8.42 Å².